The number of aryl methyl sites for hydroxylation is 1. The van der Waals surface area contributed by atoms with E-state index in [0.717, 1.165) is 18.4 Å². The molecule has 2 rings (SSSR count). The minimum atomic E-state index is -1.47. The number of nitrogens with one attached hydrogen (secondary N) is 1. The van der Waals surface area contributed by atoms with Crippen LogP contribution < -0.4 is 10.8 Å². The molecule has 0 spiro atoms. The molecule has 1 aromatic carbocycles. The number of fused-ring (bicyclic) bond motifs is 1. The molecule has 78 valence electrons. The second-order valence-corrected chi connectivity index (χ2v) is 3.65. The molecule has 1 amide bonds. The van der Waals surface area contributed by atoms with Crippen LogP contribution in [-0.4, -0.2) is 29.6 Å². The fraction of sp³-hybridized carbons (Fsp3) is 0.300. The Morgan fingerprint density at radius 1 is 1.33 bits per heavy atom. The van der Waals surface area contributed by atoms with Crippen LogP contribution in [0.4, 0.5) is 0 Å². The number of carbonyl (C=O) groups is 1. The van der Waals surface area contributed by atoms with Crippen molar-refractivity contribution >= 4 is 18.5 Å². The molecule has 0 atom stereocenters. The molecule has 0 radical (unpaired) electrons. The second kappa shape index (κ2) is 4.04. The SMILES string of the molecule is O=C1NCCCc2cc(B(O)O)ccc21. The predicted molar refractivity (Wildman–Crippen MR) is 56.9 cm³/mol. The van der Waals surface area contributed by atoms with Crippen LogP contribution in [0.15, 0.2) is 18.2 Å². The standard InChI is InChI=1S/C10H12BNO3/c13-10-9-4-3-8(11(14)15)6-7(9)2-1-5-12-10/h3-4,6,14-15H,1-2,5H2,(H,12,13). The molecule has 0 fully saturated rings. The first-order valence-electron chi connectivity index (χ1n) is 4.95. The Labute approximate surface area is 88.1 Å². The van der Waals surface area contributed by atoms with Gasteiger partial charge in [0.2, 0.25) is 0 Å². The predicted octanol–water partition coefficient (Wildman–Crippen LogP) is -0.958. The van der Waals surface area contributed by atoms with Gasteiger partial charge in [-0.25, -0.2) is 0 Å². The van der Waals surface area contributed by atoms with Crippen molar-refractivity contribution in [3.63, 3.8) is 0 Å². The van der Waals surface area contributed by atoms with E-state index in [2.05, 4.69) is 5.32 Å². The zero-order valence-corrected chi connectivity index (χ0v) is 8.23. The van der Waals surface area contributed by atoms with Crippen molar-refractivity contribution < 1.29 is 14.8 Å². The van der Waals surface area contributed by atoms with Gasteiger partial charge in [-0.05, 0) is 29.9 Å². The fourth-order valence-corrected chi connectivity index (χ4v) is 1.78. The molecule has 4 nitrogen and oxygen atoms in total. The lowest BCUT2D eigenvalue weighted by atomic mass is 9.78. The minimum Gasteiger partial charge on any atom is -0.423 e. The van der Waals surface area contributed by atoms with E-state index in [4.69, 9.17) is 10.0 Å². The van der Waals surface area contributed by atoms with E-state index in [1.54, 1.807) is 18.2 Å². The largest absolute Gasteiger partial charge is 0.488 e. The van der Waals surface area contributed by atoms with Gasteiger partial charge in [-0.15, -0.1) is 0 Å². The maximum absolute atomic E-state index is 11.6. The third-order valence-corrected chi connectivity index (χ3v) is 2.58. The van der Waals surface area contributed by atoms with Crippen LogP contribution in [0.2, 0.25) is 0 Å². The minimum absolute atomic E-state index is 0.0820. The molecule has 15 heavy (non-hydrogen) atoms. The molecule has 1 aliphatic rings. The Morgan fingerprint density at radius 2 is 2.13 bits per heavy atom. The van der Waals surface area contributed by atoms with E-state index in [-0.39, 0.29) is 5.91 Å². The van der Waals surface area contributed by atoms with Crippen LogP contribution in [0, 0.1) is 0 Å². The van der Waals surface area contributed by atoms with E-state index in [0.29, 0.717) is 17.6 Å². The summed E-state index contributed by atoms with van der Waals surface area (Å²) in [5, 5.41) is 20.8. The summed E-state index contributed by atoms with van der Waals surface area (Å²) in [6.45, 7) is 0.671. The molecule has 0 aliphatic carbocycles. The molecular formula is C10H12BNO3. The molecule has 1 aromatic rings. The first-order valence-corrected chi connectivity index (χ1v) is 4.95. The molecule has 1 aliphatic heterocycles. The van der Waals surface area contributed by atoms with Gasteiger partial charge in [0.05, 0.1) is 0 Å². The van der Waals surface area contributed by atoms with Crippen LogP contribution >= 0.6 is 0 Å². The van der Waals surface area contributed by atoms with E-state index in [1.165, 1.54) is 0 Å². The zero-order chi connectivity index (χ0) is 10.8. The highest BCUT2D eigenvalue weighted by Gasteiger charge is 2.18. The van der Waals surface area contributed by atoms with E-state index in [1.807, 2.05) is 0 Å². The molecule has 0 unspecified atom stereocenters. The quantitative estimate of drug-likeness (QED) is 0.517. The van der Waals surface area contributed by atoms with Crippen LogP contribution in [0.3, 0.4) is 0 Å². The summed E-state index contributed by atoms with van der Waals surface area (Å²) in [4.78, 5) is 11.6. The number of amides is 1. The van der Waals surface area contributed by atoms with Crippen molar-refractivity contribution in [2.75, 3.05) is 6.54 Å². The van der Waals surface area contributed by atoms with Crippen molar-refractivity contribution in [1.29, 1.82) is 0 Å². The normalized spacial score (nSPS) is 15.2. The monoisotopic (exact) mass is 205 g/mol. The number of rotatable bonds is 1. The van der Waals surface area contributed by atoms with E-state index >= 15 is 0 Å². The Balaban J connectivity index is 2.42. The number of hydrogen-bond donors (Lipinski definition) is 3. The highest BCUT2D eigenvalue weighted by atomic mass is 16.4. The van der Waals surface area contributed by atoms with Gasteiger partial charge in [-0.1, -0.05) is 12.1 Å². The van der Waals surface area contributed by atoms with Crippen molar-refractivity contribution in [3.05, 3.63) is 29.3 Å². The van der Waals surface area contributed by atoms with E-state index < -0.39 is 7.12 Å². The highest BCUT2D eigenvalue weighted by Crippen LogP contribution is 2.12. The third kappa shape index (κ3) is 2.03. The maximum Gasteiger partial charge on any atom is 0.488 e. The van der Waals surface area contributed by atoms with Crippen LogP contribution in [-0.2, 0) is 6.42 Å². The van der Waals surface area contributed by atoms with Gasteiger partial charge >= 0.3 is 7.12 Å². The van der Waals surface area contributed by atoms with E-state index in [9.17, 15) is 4.79 Å². The van der Waals surface area contributed by atoms with Gasteiger partial charge in [-0.2, -0.15) is 0 Å². The molecular weight excluding hydrogens is 193 g/mol. The summed E-state index contributed by atoms with van der Waals surface area (Å²) in [5.41, 5.74) is 1.95. The van der Waals surface area contributed by atoms with Crippen molar-refractivity contribution in [1.82, 2.24) is 5.32 Å². The molecule has 0 saturated heterocycles. The lowest BCUT2D eigenvalue weighted by Crippen LogP contribution is -2.31. The van der Waals surface area contributed by atoms with Gasteiger partial charge in [0.25, 0.3) is 5.91 Å². The summed E-state index contributed by atoms with van der Waals surface area (Å²) in [5.74, 6) is -0.0820. The van der Waals surface area contributed by atoms with Crippen LogP contribution in [0.25, 0.3) is 0 Å². The molecule has 5 heteroatoms. The number of hydrogen-bond acceptors (Lipinski definition) is 3. The van der Waals surface area contributed by atoms with Crippen molar-refractivity contribution in [2.45, 2.75) is 12.8 Å². The topological polar surface area (TPSA) is 69.6 Å². The van der Waals surface area contributed by atoms with Crippen molar-refractivity contribution in [3.8, 4) is 0 Å². The Morgan fingerprint density at radius 3 is 2.87 bits per heavy atom. The summed E-state index contributed by atoms with van der Waals surface area (Å²) in [6, 6.07) is 4.89. The summed E-state index contributed by atoms with van der Waals surface area (Å²) >= 11 is 0. The number of carbonyl (C=O) groups excluding carboxylic acids is 1. The van der Waals surface area contributed by atoms with Crippen LogP contribution in [0.5, 0.6) is 0 Å². The van der Waals surface area contributed by atoms with Gasteiger partial charge in [0.15, 0.2) is 0 Å². The van der Waals surface area contributed by atoms with Gasteiger partial charge in [0.1, 0.15) is 0 Å². The Hall–Kier alpha value is -1.33. The summed E-state index contributed by atoms with van der Waals surface area (Å²) in [7, 11) is -1.47. The summed E-state index contributed by atoms with van der Waals surface area (Å²) < 4.78 is 0. The Bertz CT molecular complexity index is 392. The number of benzene rings is 1. The first kappa shape index (κ1) is 10.2. The Kier molecular flexibility index (Phi) is 2.75. The lowest BCUT2D eigenvalue weighted by molar-refractivity contribution is 0.0956. The summed E-state index contributed by atoms with van der Waals surface area (Å²) in [6.07, 6.45) is 1.67. The third-order valence-electron chi connectivity index (χ3n) is 2.58. The van der Waals surface area contributed by atoms with Crippen LogP contribution in [0.1, 0.15) is 22.3 Å². The molecule has 3 N–H and O–H groups in total. The lowest BCUT2D eigenvalue weighted by Gasteiger charge is -2.06. The van der Waals surface area contributed by atoms with Gasteiger partial charge in [-0.3, -0.25) is 4.79 Å². The molecule has 0 bridgehead atoms. The molecule has 0 saturated carbocycles. The van der Waals surface area contributed by atoms with Crippen molar-refractivity contribution in [2.24, 2.45) is 0 Å². The first-order chi connectivity index (χ1) is 7.18. The second-order valence-electron chi connectivity index (χ2n) is 3.65. The fourth-order valence-electron chi connectivity index (χ4n) is 1.78. The highest BCUT2D eigenvalue weighted by molar-refractivity contribution is 6.58. The maximum atomic E-state index is 11.6. The molecule has 1 heterocycles. The van der Waals surface area contributed by atoms with Gasteiger partial charge < -0.3 is 15.4 Å². The smallest absolute Gasteiger partial charge is 0.423 e. The molecule has 0 aromatic heterocycles. The average Bonchev–Trinajstić information content (AvgIpc) is 2.40. The van der Waals surface area contributed by atoms with Gasteiger partial charge in [0, 0.05) is 12.1 Å². The zero-order valence-electron chi connectivity index (χ0n) is 8.23. The average molecular weight is 205 g/mol.